The van der Waals surface area contributed by atoms with Crippen LogP contribution in [0.1, 0.15) is 42.8 Å². The molecule has 3 heterocycles. The number of rotatable bonds is 4. The second kappa shape index (κ2) is 7.21. The number of hydrogen-bond donors (Lipinski definition) is 3. The van der Waals surface area contributed by atoms with E-state index >= 15 is 0 Å². The molecule has 0 bridgehead atoms. The zero-order valence-electron chi connectivity index (χ0n) is 16.5. The van der Waals surface area contributed by atoms with Gasteiger partial charge in [0.05, 0.1) is 5.52 Å². The maximum atomic E-state index is 14.7. The van der Waals surface area contributed by atoms with Gasteiger partial charge in [-0.3, -0.25) is 9.78 Å². The summed E-state index contributed by atoms with van der Waals surface area (Å²) >= 11 is 0. The molecule has 1 aromatic carbocycles. The minimum atomic E-state index is -0.557. The monoisotopic (exact) mass is 410 g/mol. The first-order valence-electron chi connectivity index (χ1n) is 9.20. The minimum Gasteiger partial charge on any atom is -0.345 e. The van der Waals surface area contributed by atoms with Crippen LogP contribution < -0.4 is 11.0 Å². The molecule has 0 unspecified atom stereocenters. The number of benzene rings is 1. The summed E-state index contributed by atoms with van der Waals surface area (Å²) in [6, 6.07) is 6.30. The average Bonchev–Trinajstić information content (AvgIpc) is 3.32. The number of carbonyl (C=O) groups excluding carboxylic acids is 1. The molecule has 154 valence electrons. The number of aromatic amines is 2. The predicted octanol–water partition coefficient (Wildman–Crippen LogP) is 2.67. The minimum absolute atomic E-state index is 0.0446. The fourth-order valence-electron chi connectivity index (χ4n) is 2.91. The smallest absolute Gasteiger partial charge is 0.325 e. The van der Waals surface area contributed by atoms with Gasteiger partial charge in [0.15, 0.2) is 5.65 Å². The van der Waals surface area contributed by atoms with Crippen LogP contribution in [0.25, 0.3) is 22.3 Å². The Kier molecular flexibility index (Phi) is 4.69. The normalized spacial score (nSPS) is 11.7. The van der Waals surface area contributed by atoms with E-state index in [0.29, 0.717) is 33.7 Å². The van der Waals surface area contributed by atoms with E-state index in [9.17, 15) is 14.0 Å². The van der Waals surface area contributed by atoms with E-state index in [1.54, 1.807) is 18.2 Å². The van der Waals surface area contributed by atoms with Gasteiger partial charge in [-0.2, -0.15) is 4.98 Å². The number of aromatic nitrogens is 5. The van der Waals surface area contributed by atoms with Gasteiger partial charge in [0.1, 0.15) is 5.82 Å². The molecule has 3 aromatic heterocycles. The Morgan fingerprint density at radius 1 is 1.23 bits per heavy atom. The van der Waals surface area contributed by atoms with Gasteiger partial charge < -0.3 is 14.8 Å². The number of H-pyrrole nitrogens is 2. The van der Waals surface area contributed by atoms with Crippen molar-refractivity contribution in [3.8, 4) is 11.1 Å². The number of nitrogens with one attached hydrogen (secondary N) is 3. The zero-order valence-corrected chi connectivity index (χ0v) is 16.5. The summed E-state index contributed by atoms with van der Waals surface area (Å²) in [6.45, 7) is 5.62. The van der Waals surface area contributed by atoms with Gasteiger partial charge in [-0.25, -0.2) is 14.2 Å². The van der Waals surface area contributed by atoms with E-state index in [-0.39, 0.29) is 23.5 Å². The van der Waals surface area contributed by atoms with Crippen molar-refractivity contribution in [3.05, 3.63) is 64.0 Å². The lowest BCUT2D eigenvalue weighted by Crippen LogP contribution is -2.24. The van der Waals surface area contributed by atoms with E-state index in [1.165, 1.54) is 12.3 Å². The van der Waals surface area contributed by atoms with Crippen LogP contribution in [0.5, 0.6) is 0 Å². The third-order valence-electron chi connectivity index (χ3n) is 4.50. The van der Waals surface area contributed by atoms with Gasteiger partial charge in [0.25, 0.3) is 11.7 Å². The fourth-order valence-corrected chi connectivity index (χ4v) is 2.91. The SMILES string of the molecule is CC(C)(C)c1nc(C(=O)NCc2ccc(-c3ccnc4[nH]c(=O)[nH]c34)cc2F)no1. The summed E-state index contributed by atoms with van der Waals surface area (Å²) in [6.07, 6.45) is 1.53. The van der Waals surface area contributed by atoms with E-state index in [2.05, 4.69) is 30.4 Å². The molecule has 9 nitrogen and oxygen atoms in total. The van der Waals surface area contributed by atoms with Crippen molar-refractivity contribution in [1.82, 2.24) is 30.4 Å². The van der Waals surface area contributed by atoms with Crippen LogP contribution in [0.2, 0.25) is 0 Å². The van der Waals surface area contributed by atoms with Crippen molar-refractivity contribution >= 4 is 17.1 Å². The molecule has 4 aromatic rings. The third kappa shape index (κ3) is 3.71. The second-order valence-corrected chi connectivity index (χ2v) is 7.82. The number of carbonyl (C=O) groups is 1. The van der Waals surface area contributed by atoms with E-state index < -0.39 is 11.7 Å². The lowest BCUT2D eigenvalue weighted by Gasteiger charge is -2.10. The maximum Gasteiger partial charge on any atom is 0.325 e. The van der Waals surface area contributed by atoms with Crippen molar-refractivity contribution in [1.29, 1.82) is 0 Å². The van der Waals surface area contributed by atoms with Crippen molar-refractivity contribution in [3.63, 3.8) is 0 Å². The fraction of sp³-hybridized carbons (Fsp3) is 0.250. The summed E-state index contributed by atoms with van der Waals surface area (Å²) in [7, 11) is 0. The third-order valence-corrected chi connectivity index (χ3v) is 4.50. The average molecular weight is 410 g/mol. The van der Waals surface area contributed by atoms with Gasteiger partial charge in [-0.1, -0.05) is 38.1 Å². The van der Waals surface area contributed by atoms with Gasteiger partial charge >= 0.3 is 5.69 Å². The summed E-state index contributed by atoms with van der Waals surface area (Å²) in [5.74, 6) is -0.820. The van der Waals surface area contributed by atoms with Crippen LogP contribution in [0, 0.1) is 5.82 Å². The molecule has 4 rings (SSSR count). The molecule has 30 heavy (non-hydrogen) atoms. The first-order chi connectivity index (χ1) is 14.2. The molecular weight excluding hydrogens is 391 g/mol. The highest BCUT2D eigenvalue weighted by molar-refractivity contribution is 5.90. The number of hydrogen-bond acceptors (Lipinski definition) is 6. The van der Waals surface area contributed by atoms with Crippen molar-refractivity contribution in [2.75, 3.05) is 0 Å². The lowest BCUT2D eigenvalue weighted by molar-refractivity contribution is 0.0937. The standard InChI is InChI=1S/C20H19FN6O3/c1-20(2,3)18-25-16(27-30-18)17(28)23-9-11-5-4-10(8-13(11)21)12-6-7-22-15-14(12)24-19(29)26-15/h4-8H,9H2,1-3H3,(H,23,28)(H2,22,24,26,29). The summed E-state index contributed by atoms with van der Waals surface area (Å²) in [4.78, 5) is 37.2. The van der Waals surface area contributed by atoms with Crippen molar-refractivity contribution in [2.24, 2.45) is 0 Å². The highest BCUT2D eigenvalue weighted by Gasteiger charge is 2.24. The lowest BCUT2D eigenvalue weighted by atomic mass is 9.97. The quantitative estimate of drug-likeness (QED) is 0.474. The maximum absolute atomic E-state index is 14.7. The number of imidazole rings is 1. The Morgan fingerprint density at radius 2 is 2.03 bits per heavy atom. The molecule has 10 heteroatoms. The second-order valence-electron chi connectivity index (χ2n) is 7.82. The van der Waals surface area contributed by atoms with Gasteiger partial charge in [0, 0.05) is 29.3 Å². The topological polar surface area (TPSA) is 130 Å². The van der Waals surface area contributed by atoms with Crippen LogP contribution in [-0.2, 0) is 12.0 Å². The Balaban J connectivity index is 1.52. The largest absolute Gasteiger partial charge is 0.345 e. The predicted molar refractivity (Wildman–Crippen MR) is 106 cm³/mol. The molecule has 1 amide bonds. The Morgan fingerprint density at radius 3 is 2.73 bits per heavy atom. The van der Waals surface area contributed by atoms with Crippen LogP contribution in [0.4, 0.5) is 4.39 Å². The van der Waals surface area contributed by atoms with E-state index in [4.69, 9.17) is 4.52 Å². The number of amides is 1. The van der Waals surface area contributed by atoms with E-state index in [1.807, 2.05) is 20.8 Å². The first-order valence-corrected chi connectivity index (χ1v) is 9.20. The first kappa shape index (κ1) is 19.5. The molecule has 3 N–H and O–H groups in total. The molecule has 0 aliphatic heterocycles. The molecule has 0 aliphatic rings. The van der Waals surface area contributed by atoms with Gasteiger partial charge in [0.2, 0.25) is 5.89 Å². The molecular formula is C20H19FN6O3. The Labute approximate surface area is 169 Å². The van der Waals surface area contributed by atoms with Gasteiger partial charge in [-0.05, 0) is 17.7 Å². The molecule has 0 spiro atoms. The van der Waals surface area contributed by atoms with Crippen LogP contribution in [-0.4, -0.2) is 31.0 Å². The van der Waals surface area contributed by atoms with Crippen molar-refractivity contribution < 1.29 is 13.7 Å². The summed E-state index contributed by atoms with van der Waals surface area (Å²) in [5.41, 5.74) is 1.61. The molecule has 0 radical (unpaired) electrons. The molecule has 0 fully saturated rings. The summed E-state index contributed by atoms with van der Waals surface area (Å²) < 4.78 is 19.8. The molecule has 0 saturated heterocycles. The number of halogens is 1. The van der Waals surface area contributed by atoms with Crippen LogP contribution in [0.3, 0.4) is 0 Å². The highest BCUT2D eigenvalue weighted by Crippen LogP contribution is 2.26. The van der Waals surface area contributed by atoms with Gasteiger partial charge in [-0.15, -0.1) is 0 Å². The van der Waals surface area contributed by atoms with Crippen molar-refractivity contribution in [2.45, 2.75) is 32.7 Å². The number of pyridine rings is 1. The highest BCUT2D eigenvalue weighted by atomic mass is 19.1. The molecule has 0 saturated carbocycles. The van der Waals surface area contributed by atoms with E-state index in [0.717, 1.165) is 0 Å². The number of nitrogens with zero attached hydrogens (tertiary/aromatic N) is 3. The molecule has 0 aliphatic carbocycles. The summed E-state index contributed by atoms with van der Waals surface area (Å²) in [5, 5.41) is 6.26. The Bertz CT molecular complexity index is 1300. The Hall–Kier alpha value is -3.82. The van der Waals surface area contributed by atoms with Crippen LogP contribution in [0.15, 0.2) is 39.8 Å². The molecule has 0 atom stereocenters. The zero-order chi connectivity index (χ0) is 21.5. The number of fused-ring (bicyclic) bond motifs is 1. The van der Waals surface area contributed by atoms with Crippen LogP contribution >= 0.6 is 0 Å².